The first-order valence-corrected chi connectivity index (χ1v) is 8.98. The highest BCUT2D eigenvalue weighted by atomic mass is 32.1. The number of carbonyl (C=O) groups is 2. The zero-order chi connectivity index (χ0) is 19.0. The molecular weight excluding hydrogens is 365 g/mol. The van der Waals surface area contributed by atoms with Gasteiger partial charge in [0.25, 0.3) is 5.91 Å². The van der Waals surface area contributed by atoms with Crippen LogP contribution in [0.25, 0.3) is 5.52 Å². The van der Waals surface area contributed by atoms with Gasteiger partial charge >= 0.3 is 0 Å². The van der Waals surface area contributed by atoms with Crippen LogP contribution < -0.4 is 11.1 Å². The number of benzene rings is 1. The second kappa shape index (κ2) is 6.69. The van der Waals surface area contributed by atoms with Gasteiger partial charge in [-0.3, -0.25) is 9.59 Å². The number of anilines is 2. The monoisotopic (exact) mass is 379 g/mol. The number of nitrogens with one attached hydrogen (secondary N) is 1. The number of aromatic nitrogens is 1. The van der Waals surface area contributed by atoms with Crippen LogP contribution in [-0.4, -0.2) is 16.1 Å². The van der Waals surface area contributed by atoms with Crippen LogP contribution in [0.1, 0.15) is 25.7 Å². The lowest BCUT2D eigenvalue weighted by Gasteiger charge is -2.05. The van der Waals surface area contributed by atoms with Crippen LogP contribution in [0.15, 0.2) is 66.2 Å². The maximum Gasteiger partial charge on any atom is 0.259 e. The van der Waals surface area contributed by atoms with Gasteiger partial charge in [0, 0.05) is 11.9 Å². The molecule has 0 saturated heterocycles. The number of hydrogen-bond donors (Lipinski definition) is 2. The third-order valence-corrected chi connectivity index (χ3v) is 5.04. The van der Waals surface area contributed by atoms with E-state index in [1.807, 2.05) is 0 Å². The first kappa shape index (κ1) is 17.0. The predicted octanol–water partition coefficient (Wildman–Crippen LogP) is 4.21. The summed E-state index contributed by atoms with van der Waals surface area (Å²) in [5, 5.41) is 4.50. The Morgan fingerprint density at radius 1 is 1.04 bits per heavy atom. The Hall–Kier alpha value is -3.45. The SMILES string of the molecule is Nc1c(C(=O)Nc2ccc(F)cc2)c2ccccn2c1C(=O)c1cccs1. The van der Waals surface area contributed by atoms with Crippen molar-refractivity contribution in [1.29, 1.82) is 0 Å². The van der Waals surface area contributed by atoms with Gasteiger partial charge in [0.1, 0.15) is 11.5 Å². The van der Waals surface area contributed by atoms with Crippen molar-refractivity contribution in [2.24, 2.45) is 0 Å². The number of thiophene rings is 1. The molecule has 0 radical (unpaired) electrons. The normalized spacial score (nSPS) is 10.9. The summed E-state index contributed by atoms with van der Waals surface area (Å²) in [6, 6.07) is 14.2. The van der Waals surface area contributed by atoms with Crippen molar-refractivity contribution in [2.75, 3.05) is 11.1 Å². The van der Waals surface area contributed by atoms with E-state index in [0.717, 1.165) is 0 Å². The van der Waals surface area contributed by atoms with E-state index in [9.17, 15) is 14.0 Å². The van der Waals surface area contributed by atoms with Gasteiger partial charge in [-0.25, -0.2) is 4.39 Å². The van der Waals surface area contributed by atoms with Gasteiger partial charge in [-0.1, -0.05) is 12.1 Å². The fraction of sp³-hybridized carbons (Fsp3) is 0. The number of hydrogen-bond acceptors (Lipinski definition) is 4. The van der Waals surface area contributed by atoms with E-state index in [4.69, 9.17) is 5.73 Å². The van der Waals surface area contributed by atoms with E-state index in [1.165, 1.54) is 35.6 Å². The lowest BCUT2D eigenvalue weighted by atomic mass is 10.1. The largest absolute Gasteiger partial charge is 0.396 e. The number of ketones is 1. The van der Waals surface area contributed by atoms with Crippen LogP contribution >= 0.6 is 11.3 Å². The first-order chi connectivity index (χ1) is 13.1. The molecule has 1 amide bonds. The lowest BCUT2D eigenvalue weighted by Crippen LogP contribution is -2.14. The number of fused-ring (bicyclic) bond motifs is 1. The number of halogens is 1. The highest BCUT2D eigenvalue weighted by Gasteiger charge is 2.26. The molecular formula is C20H14FN3O2S. The summed E-state index contributed by atoms with van der Waals surface area (Å²) in [7, 11) is 0. The van der Waals surface area contributed by atoms with Crippen LogP contribution in [0, 0.1) is 5.82 Å². The molecule has 7 heteroatoms. The Morgan fingerprint density at radius 2 is 1.81 bits per heavy atom. The summed E-state index contributed by atoms with van der Waals surface area (Å²) >= 11 is 1.31. The molecule has 0 atom stereocenters. The van der Waals surface area contributed by atoms with Gasteiger partial charge in [-0.15, -0.1) is 11.3 Å². The standard InChI is InChI=1S/C20H14FN3O2S/c21-12-6-8-13(9-7-12)23-20(26)16-14-4-1-2-10-24(14)18(17(16)22)19(25)15-5-3-11-27-15/h1-11H,22H2,(H,23,26). The maximum atomic E-state index is 13.1. The van der Waals surface area contributed by atoms with Gasteiger partial charge < -0.3 is 15.5 Å². The maximum absolute atomic E-state index is 13.1. The van der Waals surface area contributed by atoms with E-state index in [1.54, 1.807) is 46.3 Å². The average Bonchev–Trinajstić information content (AvgIpc) is 3.29. The highest BCUT2D eigenvalue weighted by Crippen LogP contribution is 2.30. The van der Waals surface area contributed by atoms with Gasteiger partial charge in [-0.2, -0.15) is 0 Å². The molecule has 4 aromatic rings. The Bertz CT molecular complexity index is 1150. The summed E-state index contributed by atoms with van der Waals surface area (Å²) in [6.07, 6.45) is 1.70. The van der Waals surface area contributed by atoms with Crippen LogP contribution in [-0.2, 0) is 0 Å². The summed E-state index contributed by atoms with van der Waals surface area (Å²) in [5.74, 6) is -1.11. The van der Waals surface area contributed by atoms with E-state index < -0.39 is 11.7 Å². The fourth-order valence-electron chi connectivity index (χ4n) is 2.95. The van der Waals surface area contributed by atoms with E-state index in [2.05, 4.69) is 5.32 Å². The number of pyridine rings is 1. The van der Waals surface area contributed by atoms with Crippen molar-refractivity contribution in [3.63, 3.8) is 0 Å². The van der Waals surface area contributed by atoms with E-state index in [0.29, 0.717) is 16.1 Å². The Balaban J connectivity index is 1.81. The Morgan fingerprint density at radius 3 is 2.52 bits per heavy atom. The van der Waals surface area contributed by atoms with Crippen molar-refractivity contribution in [2.45, 2.75) is 0 Å². The Kier molecular flexibility index (Phi) is 4.21. The molecule has 3 heterocycles. The molecule has 0 unspecified atom stereocenters. The molecule has 27 heavy (non-hydrogen) atoms. The molecule has 0 aliphatic carbocycles. The quantitative estimate of drug-likeness (QED) is 0.522. The molecule has 4 rings (SSSR count). The molecule has 134 valence electrons. The molecule has 3 N–H and O–H groups in total. The molecule has 0 fully saturated rings. The molecule has 3 aromatic heterocycles. The zero-order valence-electron chi connectivity index (χ0n) is 14.0. The number of nitrogens with two attached hydrogens (primary N) is 1. The van der Waals surface area contributed by atoms with Gasteiger partial charge in [0.15, 0.2) is 0 Å². The first-order valence-electron chi connectivity index (χ1n) is 8.10. The number of amides is 1. The molecule has 0 aliphatic rings. The highest BCUT2D eigenvalue weighted by molar-refractivity contribution is 7.12. The molecule has 1 aromatic carbocycles. The summed E-state index contributed by atoms with van der Waals surface area (Å²) in [4.78, 5) is 26.3. The third kappa shape index (κ3) is 2.98. The predicted molar refractivity (Wildman–Crippen MR) is 104 cm³/mol. The number of rotatable bonds is 4. The van der Waals surface area contributed by atoms with E-state index in [-0.39, 0.29) is 22.7 Å². The van der Waals surface area contributed by atoms with Crippen molar-refractivity contribution < 1.29 is 14.0 Å². The van der Waals surface area contributed by atoms with Crippen LogP contribution in [0.4, 0.5) is 15.8 Å². The van der Waals surface area contributed by atoms with Crippen LogP contribution in [0.2, 0.25) is 0 Å². The fourth-order valence-corrected chi connectivity index (χ4v) is 3.61. The molecule has 5 nitrogen and oxygen atoms in total. The minimum atomic E-state index is -0.465. The number of nitrogens with zero attached hydrogens (tertiary/aromatic N) is 1. The second-order valence-electron chi connectivity index (χ2n) is 5.86. The molecule has 0 bridgehead atoms. The van der Waals surface area contributed by atoms with Crippen LogP contribution in [0.5, 0.6) is 0 Å². The van der Waals surface area contributed by atoms with Crippen molar-refractivity contribution in [3.8, 4) is 0 Å². The lowest BCUT2D eigenvalue weighted by molar-refractivity contribution is 0.102. The minimum absolute atomic E-state index is 0.110. The zero-order valence-corrected chi connectivity index (χ0v) is 14.8. The van der Waals surface area contributed by atoms with Gasteiger partial charge in [-0.05, 0) is 47.8 Å². The van der Waals surface area contributed by atoms with Crippen molar-refractivity contribution >= 4 is 39.9 Å². The third-order valence-electron chi connectivity index (χ3n) is 4.17. The minimum Gasteiger partial charge on any atom is -0.396 e. The summed E-state index contributed by atoms with van der Waals surface area (Å²) < 4.78 is 14.7. The second-order valence-corrected chi connectivity index (χ2v) is 6.81. The summed E-state index contributed by atoms with van der Waals surface area (Å²) in [6.45, 7) is 0. The summed E-state index contributed by atoms with van der Waals surface area (Å²) in [5.41, 5.74) is 7.77. The average molecular weight is 379 g/mol. The van der Waals surface area contributed by atoms with Crippen LogP contribution in [0.3, 0.4) is 0 Å². The van der Waals surface area contributed by atoms with Gasteiger partial charge in [0.2, 0.25) is 5.78 Å². The van der Waals surface area contributed by atoms with E-state index >= 15 is 0 Å². The number of carbonyl (C=O) groups excluding carboxylic acids is 2. The van der Waals surface area contributed by atoms with Crippen molar-refractivity contribution in [1.82, 2.24) is 4.40 Å². The van der Waals surface area contributed by atoms with Crippen molar-refractivity contribution in [3.05, 3.63) is 88.1 Å². The van der Waals surface area contributed by atoms with Gasteiger partial charge in [0.05, 0.1) is 21.6 Å². The molecule has 0 spiro atoms. The number of nitrogen functional groups attached to an aromatic ring is 1. The Labute approximate surface area is 157 Å². The molecule has 0 aliphatic heterocycles. The molecule has 0 saturated carbocycles. The smallest absolute Gasteiger partial charge is 0.259 e. The topological polar surface area (TPSA) is 76.6 Å².